The molecule has 0 rings (SSSR count). The van der Waals surface area contributed by atoms with E-state index < -0.39 is 0 Å². The number of hydrogen-bond acceptors (Lipinski definition) is 2. The Kier molecular flexibility index (Phi) is 7.05. The maximum absolute atomic E-state index is 12.0. The lowest BCUT2D eigenvalue weighted by Gasteiger charge is -2.26. The lowest BCUT2D eigenvalue weighted by Crippen LogP contribution is -2.47. The standard InChI is InChI=1S/C12H24N2O/c1-5-8-14(9-6-2)12(15)11(13)10(4)7-3/h5,10-11H,1,6-9,13H2,2-4H3/t10-,11-/m0/s1. The van der Waals surface area contributed by atoms with E-state index in [0.717, 1.165) is 19.4 Å². The van der Waals surface area contributed by atoms with Gasteiger partial charge in [-0.2, -0.15) is 0 Å². The summed E-state index contributed by atoms with van der Waals surface area (Å²) in [5.74, 6) is 0.285. The molecule has 0 radical (unpaired) electrons. The van der Waals surface area contributed by atoms with Crippen molar-refractivity contribution >= 4 is 5.91 Å². The number of hydrogen-bond donors (Lipinski definition) is 1. The summed E-state index contributed by atoms with van der Waals surface area (Å²) in [6, 6.07) is -0.374. The molecular formula is C12H24N2O. The highest BCUT2D eigenvalue weighted by Gasteiger charge is 2.23. The van der Waals surface area contributed by atoms with Crippen LogP contribution in [0.3, 0.4) is 0 Å². The average molecular weight is 212 g/mol. The van der Waals surface area contributed by atoms with Gasteiger partial charge in [0.1, 0.15) is 0 Å². The summed E-state index contributed by atoms with van der Waals surface area (Å²) in [5.41, 5.74) is 5.91. The third-order valence-electron chi connectivity index (χ3n) is 2.70. The molecule has 2 atom stereocenters. The maximum atomic E-state index is 12.0. The van der Waals surface area contributed by atoms with Gasteiger partial charge < -0.3 is 10.6 Å². The molecule has 0 bridgehead atoms. The van der Waals surface area contributed by atoms with E-state index >= 15 is 0 Å². The Morgan fingerprint density at radius 1 is 1.53 bits per heavy atom. The molecule has 0 aromatic rings. The fraction of sp³-hybridized carbons (Fsp3) is 0.750. The molecule has 0 aromatic carbocycles. The van der Waals surface area contributed by atoms with E-state index in [2.05, 4.69) is 20.4 Å². The van der Waals surface area contributed by atoms with Gasteiger partial charge in [0, 0.05) is 13.1 Å². The van der Waals surface area contributed by atoms with E-state index in [1.54, 1.807) is 11.0 Å². The van der Waals surface area contributed by atoms with Crippen LogP contribution in [0.1, 0.15) is 33.6 Å². The van der Waals surface area contributed by atoms with Crippen LogP contribution in [0.2, 0.25) is 0 Å². The molecular weight excluding hydrogens is 188 g/mol. The van der Waals surface area contributed by atoms with Gasteiger partial charge in [-0.25, -0.2) is 0 Å². The van der Waals surface area contributed by atoms with Gasteiger partial charge in [0.2, 0.25) is 5.91 Å². The van der Waals surface area contributed by atoms with Crippen LogP contribution in [0.5, 0.6) is 0 Å². The first-order valence-electron chi connectivity index (χ1n) is 5.73. The smallest absolute Gasteiger partial charge is 0.240 e. The van der Waals surface area contributed by atoms with Crippen molar-refractivity contribution in [1.29, 1.82) is 0 Å². The molecule has 15 heavy (non-hydrogen) atoms. The normalized spacial score (nSPS) is 14.4. The quantitative estimate of drug-likeness (QED) is 0.654. The Labute approximate surface area is 93.3 Å². The molecule has 0 aromatic heterocycles. The molecule has 0 heterocycles. The Morgan fingerprint density at radius 2 is 2.13 bits per heavy atom. The minimum Gasteiger partial charge on any atom is -0.338 e. The molecule has 2 N–H and O–H groups in total. The second-order valence-corrected chi connectivity index (χ2v) is 3.98. The Hall–Kier alpha value is -0.830. The average Bonchev–Trinajstić information content (AvgIpc) is 2.25. The van der Waals surface area contributed by atoms with E-state index in [4.69, 9.17) is 5.73 Å². The second-order valence-electron chi connectivity index (χ2n) is 3.98. The first kappa shape index (κ1) is 14.2. The van der Waals surface area contributed by atoms with Gasteiger partial charge in [0.05, 0.1) is 6.04 Å². The Bertz CT molecular complexity index is 204. The van der Waals surface area contributed by atoms with Crippen LogP contribution in [0, 0.1) is 5.92 Å². The summed E-state index contributed by atoms with van der Waals surface area (Å²) in [6.07, 6.45) is 3.63. The van der Waals surface area contributed by atoms with E-state index in [1.807, 2.05) is 6.92 Å². The fourth-order valence-electron chi connectivity index (χ4n) is 1.43. The Balaban J connectivity index is 4.40. The van der Waals surface area contributed by atoms with Crippen molar-refractivity contribution in [2.45, 2.75) is 39.7 Å². The predicted molar refractivity (Wildman–Crippen MR) is 64.5 cm³/mol. The molecule has 0 saturated heterocycles. The Morgan fingerprint density at radius 3 is 2.53 bits per heavy atom. The molecule has 0 aliphatic rings. The van der Waals surface area contributed by atoms with Gasteiger partial charge >= 0.3 is 0 Å². The third-order valence-corrected chi connectivity index (χ3v) is 2.70. The zero-order valence-corrected chi connectivity index (χ0v) is 10.2. The highest BCUT2D eigenvalue weighted by atomic mass is 16.2. The van der Waals surface area contributed by atoms with Crippen LogP contribution in [0.15, 0.2) is 12.7 Å². The SMILES string of the molecule is C=CCN(CCC)C(=O)[C@@H](N)[C@@H](C)CC. The molecule has 0 aliphatic heterocycles. The summed E-state index contributed by atoms with van der Waals surface area (Å²) < 4.78 is 0. The number of nitrogens with zero attached hydrogens (tertiary/aromatic N) is 1. The van der Waals surface area contributed by atoms with Crippen molar-refractivity contribution in [3.05, 3.63) is 12.7 Å². The topological polar surface area (TPSA) is 46.3 Å². The largest absolute Gasteiger partial charge is 0.338 e. The number of nitrogens with two attached hydrogens (primary N) is 1. The van der Waals surface area contributed by atoms with Crippen molar-refractivity contribution in [3.8, 4) is 0 Å². The minimum atomic E-state index is -0.374. The molecule has 88 valence electrons. The zero-order chi connectivity index (χ0) is 11.8. The molecule has 3 nitrogen and oxygen atoms in total. The second kappa shape index (κ2) is 7.46. The van der Waals surface area contributed by atoms with Crippen molar-refractivity contribution in [2.24, 2.45) is 11.7 Å². The van der Waals surface area contributed by atoms with Gasteiger partial charge in [-0.1, -0.05) is 33.3 Å². The highest BCUT2D eigenvalue weighted by molar-refractivity contribution is 5.82. The monoisotopic (exact) mass is 212 g/mol. The molecule has 0 aliphatic carbocycles. The van der Waals surface area contributed by atoms with Crippen molar-refractivity contribution in [1.82, 2.24) is 4.90 Å². The molecule has 0 saturated carbocycles. The predicted octanol–water partition coefficient (Wildman–Crippen LogP) is 1.78. The number of carbonyl (C=O) groups excluding carboxylic acids is 1. The van der Waals surface area contributed by atoms with Crippen LogP contribution in [-0.2, 0) is 4.79 Å². The van der Waals surface area contributed by atoms with Crippen LogP contribution in [-0.4, -0.2) is 29.9 Å². The third kappa shape index (κ3) is 4.47. The highest BCUT2D eigenvalue weighted by Crippen LogP contribution is 2.08. The number of rotatable bonds is 7. The first-order valence-corrected chi connectivity index (χ1v) is 5.73. The van der Waals surface area contributed by atoms with Crippen LogP contribution in [0.4, 0.5) is 0 Å². The van der Waals surface area contributed by atoms with Crippen LogP contribution in [0.25, 0.3) is 0 Å². The van der Waals surface area contributed by atoms with E-state index in [9.17, 15) is 4.79 Å². The molecule has 1 amide bonds. The number of amides is 1. The van der Waals surface area contributed by atoms with Crippen LogP contribution < -0.4 is 5.73 Å². The lowest BCUT2D eigenvalue weighted by molar-refractivity contribution is -0.133. The van der Waals surface area contributed by atoms with Gasteiger partial charge in [-0.3, -0.25) is 4.79 Å². The van der Waals surface area contributed by atoms with Gasteiger partial charge in [-0.15, -0.1) is 6.58 Å². The van der Waals surface area contributed by atoms with Crippen molar-refractivity contribution in [3.63, 3.8) is 0 Å². The van der Waals surface area contributed by atoms with Crippen molar-refractivity contribution in [2.75, 3.05) is 13.1 Å². The molecule has 0 fully saturated rings. The van der Waals surface area contributed by atoms with E-state index in [-0.39, 0.29) is 17.9 Å². The van der Waals surface area contributed by atoms with Gasteiger partial charge in [-0.05, 0) is 12.3 Å². The van der Waals surface area contributed by atoms with Gasteiger partial charge in [0.25, 0.3) is 0 Å². The summed E-state index contributed by atoms with van der Waals surface area (Å²) >= 11 is 0. The first-order chi connectivity index (χ1) is 7.08. The van der Waals surface area contributed by atoms with Gasteiger partial charge in [0.15, 0.2) is 0 Å². The maximum Gasteiger partial charge on any atom is 0.240 e. The molecule has 0 unspecified atom stereocenters. The van der Waals surface area contributed by atoms with E-state index in [1.165, 1.54) is 0 Å². The zero-order valence-electron chi connectivity index (χ0n) is 10.2. The van der Waals surface area contributed by atoms with E-state index in [0.29, 0.717) is 6.54 Å². The summed E-state index contributed by atoms with van der Waals surface area (Å²) in [5, 5.41) is 0. The summed E-state index contributed by atoms with van der Waals surface area (Å²) in [7, 11) is 0. The van der Waals surface area contributed by atoms with Crippen molar-refractivity contribution < 1.29 is 4.79 Å². The molecule has 0 spiro atoms. The lowest BCUT2D eigenvalue weighted by atomic mass is 9.99. The number of carbonyl (C=O) groups is 1. The molecule has 3 heteroatoms. The summed E-state index contributed by atoms with van der Waals surface area (Å²) in [4.78, 5) is 13.8. The fourth-order valence-corrected chi connectivity index (χ4v) is 1.43. The minimum absolute atomic E-state index is 0.0473. The summed E-state index contributed by atoms with van der Waals surface area (Å²) in [6.45, 7) is 11.1. The van der Waals surface area contributed by atoms with Crippen LogP contribution >= 0.6 is 0 Å².